The molecule has 0 saturated carbocycles. The molecule has 0 radical (unpaired) electrons. The van der Waals surface area contributed by atoms with Crippen molar-refractivity contribution in [2.45, 2.75) is 38.5 Å². The lowest BCUT2D eigenvalue weighted by Crippen LogP contribution is -2.57. The van der Waals surface area contributed by atoms with E-state index in [1.54, 1.807) is 12.5 Å². The number of hydrogen-bond acceptors (Lipinski definition) is 4. The largest absolute Gasteiger partial charge is 0.461 e. The molecule has 0 spiro atoms. The third-order valence-electron chi connectivity index (χ3n) is 5.24. The van der Waals surface area contributed by atoms with Gasteiger partial charge in [-0.3, -0.25) is 4.79 Å². The summed E-state index contributed by atoms with van der Waals surface area (Å²) in [6.45, 7) is 9.89. The Bertz CT molecular complexity index is 895. The molecule has 2 bridgehead atoms. The van der Waals surface area contributed by atoms with Gasteiger partial charge in [0.15, 0.2) is 5.58 Å². The molecule has 3 aliphatic heterocycles. The fourth-order valence-electron chi connectivity index (χ4n) is 3.78. The number of amides is 1. The van der Waals surface area contributed by atoms with Gasteiger partial charge in [0, 0.05) is 18.0 Å². The quantitative estimate of drug-likeness (QED) is 0.655. The Morgan fingerprint density at radius 1 is 1.35 bits per heavy atom. The van der Waals surface area contributed by atoms with Crippen molar-refractivity contribution in [3.63, 3.8) is 0 Å². The average Bonchev–Trinajstić information content (AvgIpc) is 3.02. The van der Waals surface area contributed by atoms with E-state index in [2.05, 4.69) is 46.3 Å². The van der Waals surface area contributed by atoms with E-state index in [-0.39, 0.29) is 11.9 Å². The van der Waals surface area contributed by atoms with Gasteiger partial charge in [-0.05, 0) is 37.9 Å². The molecule has 1 amide bonds. The second kappa shape index (κ2) is 6.56. The minimum atomic E-state index is -1.48. The zero-order valence-corrected chi connectivity index (χ0v) is 16.6. The second-order valence-corrected chi connectivity index (χ2v) is 13.2. The highest BCUT2D eigenvalue weighted by atomic mass is 28.3. The van der Waals surface area contributed by atoms with E-state index in [4.69, 9.17) is 4.42 Å². The summed E-state index contributed by atoms with van der Waals surface area (Å²) in [7, 11) is -1.48. The fourth-order valence-corrected chi connectivity index (χ4v) is 4.29. The van der Waals surface area contributed by atoms with Gasteiger partial charge < -0.3 is 14.6 Å². The molecular weight excluding hydrogens is 342 g/mol. The number of rotatable bonds is 2. The van der Waals surface area contributed by atoms with Crippen LogP contribution in [0.4, 0.5) is 0 Å². The molecule has 1 atom stereocenters. The summed E-state index contributed by atoms with van der Waals surface area (Å²) in [5, 5.41) is 4.06. The van der Waals surface area contributed by atoms with E-state index in [0.29, 0.717) is 17.2 Å². The van der Waals surface area contributed by atoms with Gasteiger partial charge in [-0.2, -0.15) is 0 Å². The Morgan fingerprint density at radius 2 is 2.12 bits per heavy atom. The zero-order chi connectivity index (χ0) is 18.3. The van der Waals surface area contributed by atoms with E-state index >= 15 is 0 Å². The molecule has 3 fully saturated rings. The molecule has 2 aromatic heterocycles. The first-order valence-corrected chi connectivity index (χ1v) is 12.8. The van der Waals surface area contributed by atoms with Crippen LogP contribution < -0.4 is 5.32 Å². The van der Waals surface area contributed by atoms with E-state index in [1.807, 2.05) is 6.07 Å². The van der Waals surface area contributed by atoms with Crippen molar-refractivity contribution in [3.8, 4) is 11.5 Å². The van der Waals surface area contributed by atoms with Crippen molar-refractivity contribution in [1.29, 1.82) is 0 Å². The van der Waals surface area contributed by atoms with Crippen molar-refractivity contribution in [2.24, 2.45) is 5.92 Å². The summed E-state index contributed by atoms with van der Waals surface area (Å²) in [5.74, 6) is 3.72. The van der Waals surface area contributed by atoms with Crippen LogP contribution in [0.3, 0.4) is 0 Å². The number of furan rings is 1. The zero-order valence-electron chi connectivity index (χ0n) is 15.6. The maximum Gasteiger partial charge on any atom is 0.270 e. The number of piperidine rings is 3. The van der Waals surface area contributed by atoms with E-state index in [0.717, 1.165) is 30.6 Å². The number of nitrogens with one attached hydrogen (secondary N) is 1. The summed E-state index contributed by atoms with van der Waals surface area (Å²) in [6, 6.07) is 2.04. The first-order chi connectivity index (χ1) is 12.4. The molecule has 0 aromatic carbocycles. The molecule has 5 heterocycles. The van der Waals surface area contributed by atoms with Gasteiger partial charge in [0.25, 0.3) is 5.91 Å². The number of hydrogen-bond donors (Lipinski definition) is 1. The number of carbonyl (C=O) groups is 1. The molecule has 3 aliphatic rings. The van der Waals surface area contributed by atoms with Gasteiger partial charge in [0.2, 0.25) is 0 Å². The van der Waals surface area contributed by atoms with Crippen molar-refractivity contribution >= 4 is 25.0 Å². The SMILES string of the molecule is C[Si](C)(C)C#Cc1coc2cnc(C(=O)NC3CN4CCC3CC4)cc12. The first kappa shape index (κ1) is 17.3. The van der Waals surface area contributed by atoms with Crippen LogP contribution in [0.25, 0.3) is 11.0 Å². The standard InChI is InChI=1S/C20H25N3O2Si/c1-26(2,3)9-6-15-13-25-19-11-21-17(10-16(15)19)20(24)22-18-12-23-7-4-14(18)5-8-23/h10-11,13-14,18H,4-5,7-8,12H2,1-3H3,(H,22,24). The monoisotopic (exact) mass is 367 g/mol. The van der Waals surface area contributed by atoms with Gasteiger partial charge in [-0.25, -0.2) is 4.98 Å². The molecular formula is C20H25N3O2Si. The molecule has 2 aromatic rings. The lowest BCUT2D eigenvalue weighted by Gasteiger charge is -2.44. The number of fused-ring (bicyclic) bond motifs is 4. The molecule has 136 valence electrons. The van der Waals surface area contributed by atoms with Crippen molar-refractivity contribution in [1.82, 2.24) is 15.2 Å². The Kier molecular flexibility index (Phi) is 4.37. The lowest BCUT2D eigenvalue weighted by molar-refractivity contribution is 0.0618. The second-order valence-electron chi connectivity index (χ2n) is 8.43. The van der Waals surface area contributed by atoms with Gasteiger partial charge >= 0.3 is 0 Å². The Morgan fingerprint density at radius 3 is 2.77 bits per heavy atom. The Labute approximate surface area is 155 Å². The van der Waals surface area contributed by atoms with Crippen molar-refractivity contribution in [2.75, 3.05) is 19.6 Å². The number of pyridine rings is 1. The maximum atomic E-state index is 12.7. The first-order valence-electron chi connectivity index (χ1n) is 9.33. The van der Waals surface area contributed by atoms with Crippen LogP contribution in [0.5, 0.6) is 0 Å². The molecule has 26 heavy (non-hydrogen) atoms. The van der Waals surface area contributed by atoms with Crippen molar-refractivity contribution in [3.05, 3.63) is 29.8 Å². The predicted octanol–water partition coefficient (Wildman–Crippen LogP) is 2.88. The normalized spacial score (nSPS) is 25.0. The van der Waals surface area contributed by atoms with E-state index in [9.17, 15) is 4.79 Å². The van der Waals surface area contributed by atoms with E-state index in [1.165, 1.54) is 12.8 Å². The average molecular weight is 368 g/mol. The molecule has 3 saturated heterocycles. The fraction of sp³-hybridized carbons (Fsp3) is 0.500. The Balaban J connectivity index is 1.56. The number of aromatic nitrogens is 1. The molecule has 5 nitrogen and oxygen atoms in total. The van der Waals surface area contributed by atoms with E-state index < -0.39 is 8.07 Å². The van der Waals surface area contributed by atoms with Crippen LogP contribution in [0.2, 0.25) is 19.6 Å². The summed E-state index contributed by atoms with van der Waals surface area (Å²) >= 11 is 0. The van der Waals surface area contributed by atoms with Gasteiger partial charge in [0.1, 0.15) is 20.0 Å². The molecule has 6 heteroatoms. The minimum absolute atomic E-state index is 0.101. The van der Waals surface area contributed by atoms with Crippen LogP contribution >= 0.6 is 0 Å². The highest BCUT2D eigenvalue weighted by Gasteiger charge is 2.35. The topological polar surface area (TPSA) is 58.4 Å². The third-order valence-corrected chi connectivity index (χ3v) is 6.11. The summed E-state index contributed by atoms with van der Waals surface area (Å²) in [5.41, 5.74) is 5.29. The summed E-state index contributed by atoms with van der Waals surface area (Å²) < 4.78 is 5.55. The van der Waals surface area contributed by atoms with Gasteiger partial charge in [-0.1, -0.05) is 25.6 Å². The van der Waals surface area contributed by atoms with Crippen LogP contribution in [0, 0.1) is 17.4 Å². The van der Waals surface area contributed by atoms with Gasteiger partial charge in [0.05, 0.1) is 11.8 Å². The smallest absolute Gasteiger partial charge is 0.270 e. The third kappa shape index (κ3) is 3.55. The van der Waals surface area contributed by atoms with Crippen molar-refractivity contribution < 1.29 is 9.21 Å². The highest BCUT2D eigenvalue weighted by Crippen LogP contribution is 2.28. The summed E-state index contributed by atoms with van der Waals surface area (Å²) in [4.78, 5) is 19.5. The maximum absolute atomic E-state index is 12.7. The molecule has 1 N–H and O–H groups in total. The highest BCUT2D eigenvalue weighted by molar-refractivity contribution is 6.83. The van der Waals surface area contributed by atoms with Crippen LogP contribution in [-0.2, 0) is 0 Å². The van der Waals surface area contributed by atoms with Crippen LogP contribution in [0.1, 0.15) is 28.9 Å². The minimum Gasteiger partial charge on any atom is -0.461 e. The van der Waals surface area contributed by atoms with Crippen LogP contribution in [-0.4, -0.2) is 49.5 Å². The molecule has 0 aliphatic carbocycles. The molecule has 5 rings (SSSR count). The van der Waals surface area contributed by atoms with Crippen LogP contribution in [0.15, 0.2) is 22.9 Å². The number of carbonyl (C=O) groups excluding carboxylic acids is 1. The molecule has 1 unspecified atom stereocenters. The number of nitrogens with zero attached hydrogens (tertiary/aromatic N) is 2. The summed E-state index contributed by atoms with van der Waals surface area (Å²) in [6.07, 6.45) is 5.64. The Hall–Kier alpha value is -2.10. The predicted molar refractivity (Wildman–Crippen MR) is 105 cm³/mol. The van der Waals surface area contributed by atoms with Gasteiger partial charge in [-0.15, -0.1) is 5.54 Å². The lowest BCUT2D eigenvalue weighted by atomic mass is 9.84.